The van der Waals surface area contributed by atoms with Gasteiger partial charge in [-0.05, 0) is 101 Å². The van der Waals surface area contributed by atoms with Gasteiger partial charge in [-0.15, -0.1) is 0 Å². The van der Waals surface area contributed by atoms with Gasteiger partial charge in [0.1, 0.15) is 0 Å². The third-order valence-corrected chi connectivity index (χ3v) is 11.8. The highest BCUT2D eigenvalue weighted by molar-refractivity contribution is 6.13. The van der Waals surface area contributed by atoms with Crippen molar-refractivity contribution in [3.63, 3.8) is 0 Å². The molecule has 9 aromatic carbocycles. The first-order valence-electron chi connectivity index (χ1n) is 19.6. The first kappa shape index (κ1) is 31.7. The van der Waals surface area contributed by atoms with Crippen LogP contribution < -0.4 is 0 Å². The van der Waals surface area contributed by atoms with Crippen LogP contribution in [0.15, 0.2) is 212 Å². The maximum Gasteiger partial charge on any atom is 0.0542 e. The largest absolute Gasteiger partial charge is 0.309 e. The molecule has 0 unspecified atom stereocenters. The average Bonchev–Trinajstić information content (AvgIpc) is 3.92. The van der Waals surface area contributed by atoms with Crippen molar-refractivity contribution < 1.29 is 0 Å². The van der Waals surface area contributed by atoms with Gasteiger partial charge in [-0.2, -0.15) is 0 Å². The molecular weight excluding hydrogens is 691 g/mol. The van der Waals surface area contributed by atoms with Crippen molar-refractivity contribution in [2.24, 2.45) is 0 Å². The van der Waals surface area contributed by atoms with E-state index in [1.54, 1.807) is 0 Å². The minimum absolute atomic E-state index is 1.14. The lowest BCUT2D eigenvalue weighted by Gasteiger charge is -2.13. The highest BCUT2D eigenvalue weighted by atomic mass is 15.0. The fourth-order valence-corrected chi connectivity index (χ4v) is 9.29. The van der Waals surface area contributed by atoms with Gasteiger partial charge in [0, 0.05) is 49.4 Å². The van der Waals surface area contributed by atoms with E-state index in [4.69, 9.17) is 0 Å². The van der Waals surface area contributed by atoms with E-state index >= 15 is 0 Å². The van der Waals surface area contributed by atoms with Gasteiger partial charge in [0.25, 0.3) is 0 Å². The van der Waals surface area contributed by atoms with Crippen LogP contribution in [0, 0.1) is 0 Å². The molecule has 3 nitrogen and oxygen atoms in total. The Morgan fingerprint density at radius 2 is 0.544 bits per heavy atom. The van der Waals surface area contributed by atoms with Crippen molar-refractivity contribution in [1.82, 2.24) is 13.7 Å². The summed E-state index contributed by atoms with van der Waals surface area (Å²) in [6.07, 6.45) is 0. The van der Waals surface area contributed by atoms with Gasteiger partial charge in [-0.3, -0.25) is 0 Å². The quantitative estimate of drug-likeness (QED) is 0.168. The molecule has 12 rings (SSSR count). The molecule has 0 aliphatic carbocycles. The third kappa shape index (κ3) is 4.86. The lowest BCUT2D eigenvalue weighted by Crippen LogP contribution is -1.96. The van der Waals surface area contributed by atoms with E-state index in [0.29, 0.717) is 0 Å². The van der Waals surface area contributed by atoms with E-state index in [1.807, 2.05) is 0 Å². The van der Waals surface area contributed by atoms with Gasteiger partial charge in [-0.25, -0.2) is 0 Å². The summed E-state index contributed by atoms with van der Waals surface area (Å²) in [6, 6.07) is 77.4. The van der Waals surface area contributed by atoms with Crippen molar-refractivity contribution in [1.29, 1.82) is 0 Å². The summed E-state index contributed by atoms with van der Waals surface area (Å²) >= 11 is 0. The number of aromatic nitrogens is 3. The molecule has 12 aromatic rings. The van der Waals surface area contributed by atoms with Gasteiger partial charge in [0.2, 0.25) is 0 Å². The Kier molecular flexibility index (Phi) is 6.93. The molecule has 0 bridgehead atoms. The van der Waals surface area contributed by atoms with Crippen LogP contribution in [0.2, 0.25) is 0 Å². The molecular formula is C54H35N3. The molecule has 57 heavy (non-hydrogen) atoms. The highest BCUT2D eigenvalue weighted by Crippen LogP contribution is 2.39. The summed E-state index contributed by atoms with van der Waals surface area (Å²) in [5.41, 5.74) is 15.5. The van der Waals surface area contributed by atoms with Crippen LogP contribution in [-0.2, 0) is 0 Å². The van der Waals surface area contributed by atoms with Crippen molar-refractivity contribution in [3.8, 4) is 39.3 Å². The number of fused-ring (bicyclic) bond motifs is 9. The van der Waals surface area contributed by atoms with Crippen molar-refractivity contribution in [2.75, 3.05) is 0 Å². The molecule has 0 amide bonds. The van der Waals surface area contributed by atoms with Crippen LogP contribution in [-0.4, -0.2) is 13.7 Å². The molecule has 0 saturated heterocycles. The van der Waals surface area contributed by atoms with Crippen LogP contribution in [0.3, 0.4) is 0 Å². The summed E-state index contributed by atoms with van der Waals surface area (Å²) in [7, 11) is 0. The highest BCUT2D eigenvalue weighted by Gasteiger charge is 2.18. The maximum absolute atomic E-state index is 2.42. The van der Waals surface area contributed by atoms with Gasteiger partial charge in [-0.1, -0.05) is 133 Å². The molecule has 0 radical (unpaired) electrons. The Hall–Kier alpha value is -7.62. The van der Waals surface area contributed by atoms with E-state index in [-0.39, 0.29) is 0 Å². The van der Waals surface area contributed by atoms with Crippen molar-refractivity contribution in [3.05, 3.63) is 212 Å². The minimum atomic E-state index is 1.14. The lowest BCUT2D eigenvalue weighted by molar-refractivity contribution is 1.16. The molecule has 3 heteroatoms. The zero-order chi connectivity index (χ0) is 37.5. The molecule has 3 heterocycles. The average molecular weight is 726 g/mol. The van der Waals surface area contributed by atoms with E-state index < -0.39 is 0 Å². The molecule has 3 aromatic heterocycles. The molecule has 0 atom stereocenters. The second kappa shape index (κ2) is 12.5. The predicted octanol–water partition coefficient (Wildman–Crippen LogP) is 14.3. The first-order valence-corrected chi connectivity index (χ1v) is 19.6. The summed E-state index contributed by atoms with van der Waals surface area (Å²) in [5.74, 6) is 0. The second-order valence-corrected chi connectivity index (χ2v) is 15.0. The van der Waals surface area contributed by atoms with Crippen LogP contribution in [0.5, 0.6) is 0 Å². The van der Waals surface area contributed by atoms with Crippen LogP contribution >= 0.6 is 0 Å². The zero-order valence-corrected chi connectivity index (χ0v) is 31.0. The number of hydrogen-bond donors (Lipinski definition) is 0. The normalized spacial score (nSPS) is 11.9. The summed E-state index contributed by atoms with van der Waals surface area (Å²) < 4.78 is 7.24. The molecule has 0 saturated carbocycles. The van der Waals surface area contributed by atoms with Crippen LogP contribution in [0.1, 0.15) is 0 Å². The number of hydrogen-bond acceptors (Lipinski definition) is 0. The maximum atomic E-state index is 2.42. The van der Waals surface area contributed by atoms with E-state index in [9.17, 15) is 0 Å². The lowest BCUT2D eigenvalue weighted by atomic mass is 10.0. The molecule has 266 valence electrons. The smallest absolute Gasteiger partial charge is 0.0542 e. The second-order valence-electron chi connectivity index (χ2n) is 15.0. The number of rotatable bonds is 5. The summed E-state index contributed by atoms with van der Waals surface area (Å²) in [5, 5.41) is 7.53. The molecule has 0 spiro atoms. The van der Waals surface area contributed by atoms with Gasteiger partial charge >= 0.3 is 0 Å². The summed E-state index contributed by atoms with van der Waals surface area (Å²) in [4.78, 5) is 0. The standard InChI is InChI=1S/C54H35N3/c1-2-14-36(15-3-1)39-28-30-53-47(34-39)45-22-6-10-26-51(45)55(53)40-18-12-16-37(32-40)38-17-13-19-41(33-38)56-52-27-11-7-23-46(52)48-35-42(29-31-54(48)56)57-49-24-8-4-20-43(49)44-21-5-9-25-50(44)57/h1-35H. The Labute approximate surface area is 329 Å². The van der Waals surface area contributed by atoms with Gasteiger partial charge in [0.05, 0.1) is 33.1 Å². The Morgan fingerprint density at radius 1 is 0.193 bits per heavy atom. The van der Waals surface area contributed by atoms with E-state index in [1.165, 1.54) is 87.7 Å². The third-order valence-electron chi connectivity index (χ3n) is 11.8. The summed E-state index contributed by atoms with van der Waals surface area (Å²) in [6.45, 7) is 0. The van der Waals surface area contributed by atoms with Crippen molar-refractivity contribution >= 4 is 65.4 Å². The van der Waals surface area contributed by atoms with Gasteiger partial charge < -0.3 is 13.7 Å². The zero-order valence-electron chi connectivity index (χ0n) is 31.0. The Morgan fingerprint density at radius 3 is 1.05 bits per heavy atom. The number of benzene rings is 9. The van der Waals surface area contributed by atoms with E-state index in [2.05, 4.69) is 226 Å². The monoisotopic (exact) mass is 725 g/mol. The minimum Gasteiger partial charge on any atom is -0.309 e. The fourth-order valence-electron chi connectivity index (χ4n) is 9.29. The SMILES string of the molecule is c1ccc(-c2ccc3c(c2)c2ccccc2n3-c2cccc(-c3cccc(-n4c5ccccc5c5cc(-n6c7ccccc7c7ccccc76)ccc54)c3)c2)cc1. The molecule has 0 aliphatic heterocycles. The topological polar surface area (TPSA) is 14.8 Å². The van der Waals surface area contributed by atoms with E-state index in [0.717, 1.165) is 17.1 Å². The van der Waals surface area contributed by atoms with Gasteiger partial charge in [0.15, 0.2) is 0 Å². The van der Waals surface area contributed by atoms with Crippen LogP contribution in [0.25, 0.3) is 105 Å². The van der Waals surface area contributed by atoms with Crippen LogP contribution in [0.4, 0.5) is 0 Å². The number of nitrogens with zero attached hydrogens (tertiary/aromatic N) is 3. The number of para-hydroxylation sites is 4. The fraction of sp³-hybridized carbons (Fsp3) is 0. The molecule has 0 N–H and O–H groups in total. The Balaban J connectivity index is 0.990. The predicted molar refractivity (Wildman–Crippen MR) is 240 cm³/mol. The Bertz CT molecular complexity index is 3470. The van der Waals surface area contributed by atoms with Crippen molar-refractivity contribution in [2.45, 2.75) is 0 Å². The molecule has 0 aliphatic rings. The first-order chi connectivity index (χ1) is 28.3. The molecule has 0 fully saturated rings.